The Hall–Kier alpha value is -3.41. The topological polar surface area (TPSA) is 52.0 Å². The van der Waals surface area contributed by atoms with E-state index < -0.39 is 10.0 Å². The summed E-state index contributed by atoms with van der Waals surface area (Å²) < 4.78 is 28.3. The Morgan fingerprint density at radius 2 is 1.52 bits per heavy atom. The Kier molecular flexibility index (Phi) is 4.65. The molecule has 2 heterocycles. The smallest absolute Gasteiger partial charge is 0.236 e. The average molecular weight is 445 g/mol. The van der Waals surface area contributed by atoms with Crippen molar-refractivity contribution >= 4 is 49.1 Å². The second kappa shape index (κ2) is 7.38. The predicted molar refractivity (Wildman–Crippen MR) is 126 cm³/mol. The van der Waals surface area contributed by atoms with Crippen LogP contribution in [-0.2, 0) is 10.0 Å². The highest BCUT2D eigenvalue weighted by Gasteiger charge is 2.24. The van der Waals surface area contributed by atoms with Gasteiger partial charge in [-0.25, -0.2) is 17.4 Å². The SMILES string of the molecule is C=C(c1ccccc1)c1ccc2c(c1)c1cc(Cl)cnc1n2S(=O)(=O)c1ccccc1. The normalized spacial score (nSPS) is 11.8. The lowest BCUT2D eigenvalue weighted by Crippen LogP contribution is -2.13. The molecule has 0 unspecified atom stereocenters. The minimum absolute atomic E-state index is 0.198. The summed E-state index contributed by atoms with van der Waals surface area (Å²) in [6.07, 6.45) is 1.46. The highest BCUT2D eigenvalue weighted by molar-refractivity contribution is 7.90. The molecule has 0 bridgehead atoms. The van der Waals surface area contributed by atoms with Gasteiger partial charge in [-0.15, -0.1) is 0 Å². The highest BCUT2D eigenvalue weighted by atomic mass is 35.5. The van der Waals surface area contributed by atoms with Crippen LogP contribution in [0.1, 0.15) is 11.1 Å². The van der Waals surface area contributed by atoms with Crippen LogP contribution in [-0.4, -0.2) is 17.4 Å². The maximum atomic E-state index is 13.5. The van der Waals surface area contributed by atoms with Crippen LogP contribution in [0.25, 0.3) is 27.5 Å². The molecule has 5 rings (SSSR count). The molecule has 3 aromatic carbocycles. The second-order valence-electron chi connectivity index (χ2n) is 7.18. The lowest BCUT2D eigenvalue weighted by molar-refractivity contribution is 0.590. The number of hydrogen-bond donors (Lipinski definition) is 0. The molecular weight excluding hydrogens is 428 g/mol. The summed E-state index contributed by atoms with van der Waals surface area (Å²) in [4.78, 5) is 4.57. The molecule has 0 aliphatic carbocycles. The minimum Gasteiger partial charge on any atom is -0.236 e. The summed E-state index contributed by atoms with van der Waals surface area (Å²) in [6.45, 7) is 4.24. The molecule has 152 valence electrons. The molecule has 6 heteroatoms. The molecule has 0 N–H and O–H groups in total. The van der Waals surface area contributed by atoms with Gasteiger partial charge in [0.1, 0.15) is 0 Å². The van der Waals surface area contributed by atoms with Crippen molar-refractivity contribution in [2.45, 2.75) is 4.90 Å². The van der Waals surface area contributed by atoms with E-state index in [1.165, 1.54) is 10.2 Å². The summed E-state index contributed by atoms with van der Waals surface area (Å²) in [5.41, 5.74) is 3.63. The average Bonchev–Trinajstić information content (AvgIpc) is 3.13. The molecule has 0 saturated heterocycles. The molecule has 0 aliphatic rings. The molecule has 0 amide bonds. The lowest BCUT2D eigenvalue weighted by atomic mass is 9.98. The third-order valence-corrected chi connectivity index (χ3v) is 7.21. The summed E-state index contributed by atoms with van der Waals surface area (Å²) in [7, 11) is -3.86. The number of rotatable bonds is 4. The molecule has 2 aromatic heterocycles. The van der Waals surface area contributed by atoms with Crippen LogP contribution in [0.4, 0.5) is 0 Å². The van der Waals surface area contributed by atoms with Gasteiger partial charge in [-0.05, 0) is 47.0 Å². The Morgan fingerprint density at radius 1 is 0.839 bits per heavy atom. The van der Waals surface area contributed by atoms with E-state index in [0.29, 0.717) is 21.6 Å². The Morgan fingerprint density at radius 3 is 2.23 bits per heavy atom. The van der Waals surface area contributed by atoms with Crippen molar-refractivity contribution in [1.82, 2.24) is 8.96 Å². The van der Waals surface area contributed by atoms with E-state index in [0.717, 1.165) is 22.1 Å². The third-order valence-electron chi connectivity index (χ3n) is 5.28. The first-order valence-corrected chi connectivity index (χ1v) is 11.4. The van der Waals surface area contributed by atoms with E-state index in [-0.39, 0.29) is 4.90 Å². The summed E-state index contributed by atoms with van der Waals surface area (Å²) in [5, 5.41) is 1.86. The van der Waals surface area contributed by atoms with Crippen molar-refractivity contribution in [3.63, 3.8) is 0 Å². The number of fused-ring (bicyclic) bond motifs is 3. The molecular formula is C25H17ClN2O2S. The van der Waals surface area contributed by atoms with Gasteiger partial charge < -0.3 is 0 Å². The van der Waals surface area contributed by atoms with Crippen LogP contribution < -0.4 is 0 Å². The summed E-state index contributed by atoms with van der Waals surface area (Å²) >= 11 is 6.22. The monoisotopic (exact) mass is 444 g/mol. The molecule has 5 aromatic rings. The Balaban J connectivity index is 1.80. The van der Waals surface area contributed by atoms with E-state index in [2.05, 4.69) is 11.6 Å². The maximum Gasteiger partial charge on any atom is 0.269 e. The largest absolute Gasteiger partial charge is 0.269 e. The van der Waals surface area contributed by atoms with Gasteiger partial charge in [0.05, 0.1) is 15.4 Å². The van der Waals surface area contributed by atoms with Crippen molar-refractivity contribution in [2.24, 2.45) is 0 Å². The van der Waals surface area contributed by atoms with Gasteiger partial charge in [-0.3, -0.25) is 0 Å². The Labute approximate surface area is 185 Å². The highest BCUT2D eigenvalue weighted by Crippen LogP contribution is 2.35. The molecule has 0 aliphatic heterocycles. The van der Waals surface area contributed by atoms with Crippen molar-refractivity contribution in [2.75, 3.05) is 0 Å². The Bertz CT molecular complexity index is 1560. The molecule has 0 radical (unpaired) electrons. The first kappa shape index (κ1) is 19.5. The lowest BCUT2D eigenvalue weighted by Gasteiger charge is -2.10. The zero-order chi connectivity index (χ0) is 21.6. The van der Waals surface area contributed by atoms with Crippen molar-refractivity contribution in [1.29, 1.82) is 0 Å². The predicted octanol–water partition coefficient (Wildman–Crippen LogP) is 6.14. The van der Waals surface area contributed by atoms with Crippen LogP contribution in [0.5, 0.6) is 0 Å². The number of aromatic nitrogens is 2. The maximum absolute atomic E-state index is 13.5. The zero-order valence-corrected chi connectivity index (χ0v) is 17.9. The van der Waals surface area contributed by atoms with Crippen molar-refractivity contribution < 1.29 is 8.42 Å². The number of benzene rings is 3. The summed E-state index contributed by atoms with van der Waals surface area (Å²) in [6, 6.07) is 25.6. The number of halogens is 1. The van der Waals surface area contributed by atoms with Crippen LogP contribution >= 0.6 is 11.6 Å². The van der Waals surface area contributed by atoms with E-state index in [1.54, 1.807) is 42.5 Å². The fourth-order valence-corrected chi connectivity index (χ4v) is 5.43. The van der Waals surface area contributed by atoms with E-state index in [1.807, 2.05) is 42.5 Å². The van der Waals surface area contributed by atoms with Gasteiger partial charge in [0, 0.05) is 17.0 Å². The number of pyridine rings is 1. The van der Waals surface area contributed by atoms with Gasteiger partial charge in [0.15, 0.2) is 5.65 Å². The molecule has 31 heavy (non-hydrogen) atoms. The first-order valence-electron chi connectivity index (χ1n) is 9.62. The number of nitrogens with zero attached hydrogens (tertiary/aromatic N) is 2. The summed E-state index contributed by atoms with van der Waals surface area (Å²) in [5.74, 6) is 0. The first-order chi connectivity index (χ1) is 15.0. The fourth-order valence-electron chi connectivity index (χ4n) is 3.77. The molecule has 0 spiro atoms. The van der Waals surface area contributed by atoms with Crippen molar-refractivity contribution in [3.8, 4) is 0 Å². The van der Waals surface area contributed by atoms with E-state index >= 15 is 0 Å². The molecule has 0 fully saturated rings. The van der Waals surface area contributed by atoms with Gasteiger partial charge in [-0.2, -0.15) is 0 Å². The van der Waals surface area contributed by atoms with Gasteiger partial charge in [0.2, 0.25) is 0 Å². The zero-order valence-electron chi connectivity index (χ0n) is 16.4. The van der Waals surface area contributed by atoms with Gasteiger partial charge >= 0.3 is 0 Å². The van der Waals surface area contributed by atoms with Crippen molar-refractivity contribution in [3.05, 3.63) is 114 Å². The van der Waals surface area contributed by atoms with Gasteiger partial charge in [0.25, 0.3) is 10.0 Å². The van der Waals surface area contributed by atoms with E-state index in [4.69, 9.17) is 11.6 Å². The van der Waals surface area contributed by atoms with Gasteiger partial charge in [-0.1, -0.05) is 72.8 Å². The van der Waals surface area contributed by atoms with Crippen LogP contribution in [0.15, 0.2) is 103 Å². The fraction of sp³-hybridized carbons (Fsp3) is 0. The third kappa shape index (κ3) is 3.23. The molecule has 4 nitrogen and oxygen atoms in total. The second-order valence-corrected chi connectivity index (χ2v) is 9.41. The van der Waals surface area contributed by atoms with Crippen LogP contribution in [0.2, 0.25) is 5.02 Å². The van der Waals surface area contributed by atoms with Crippen LogP contribution in [0, 0.1) is 0 Å². The minimum atomic E-state index is -3.86. The molecule has 0 saturated carbocycles. The van der Waals surface area contributed by atoms with Crippen LogP contribution in [0.3, 0.4) is 0 Å². The quantitative estimate of drug-likeness (QED) is 0.334. The molecule has 0 atom stereocenters. The van der Waals surface area contributed by atoms with E-state index in [9.17, 15) is 8.42 Å². The number of hydrogen-bond acceptors (Lipinski definition) is 3. The standard InChI is InChI=1S/C25H17ClN2O2S/c1-17(18-8-4-2-5-9-18)19-12-13-24-22(14-19)23-15-20(26)16-27-25(23)28(24)31(29,30)21-10-6-3-7-11-21/h2-16H,1H2.